The highest BCUT2D eigenvalue weighted by atomic mass is 16.5. The van der Waals surface area contributed by atoms with Crippen molar-refractivity contribution in [3.63, 3.8) is 0 Å². The van der Waals surface area contributed by atoms with Crippen LogP contribution in [-0.4, -0.2) is 20.9 Å². The molecular weight excluding hydrogens is 268 g/mol. The van der Waals surface area contributed by atoms with Gasteiger partial charge in [-0.2, -0.15) is 5.10 Å². The molecule has 21 heavy (non-hydrogen) atoms. The molecule has 5 heteroatoms. The molecule has 0 radical (unpaired) electrons. The first-order chi connectivity index (χ1) is 9.88. The van der Waals surface area contributed by atoms with Gasteiger partial charge < -0.3 is 9.84 Å². The topological polar surface area (TPSA) is 64.3 Å². The molecule has 2 aromatic rings. The second kappa shape index (κ2) is 5.83. The molecule has 0 saturated heterocycles. The van der Waals surface area contributed by atoms with Gasteiger partial charge in [-0.05, 0) is 44.0 Å². The monoisotopic (exact) mass is 286 g/mol. The molecule has 0 fully saturated rings. The zero-order valence-electron chi connectivity index (χ0n) is 12.5. The van der Waals surface area contributed by atoms with E-state index in [0.29, 0.717) is 5.75 Å². The van der Waals surface area contributed by atoms with Gasteiger partial charge in [0.05, 0.1) is 5.69 Å². The number of ether oxygens (including phenoxy) is 1. The third-order valence-corrected chi connectivity index (χ3v) is 3.29. The molecule has 2 rings (SSSR count). The summed E-state index contributed by atoms with van der Waals surface area (Å²) in [4.78, 5) is 10.6. The van der Waals surface area contributed by atoms with Crippen molar-refractivity contribution in [3.05, 3.63) is 46.8 Å². The van der Waals surface area contributed by atoms with E-state index in [9.17, 15) is 4.79 Å². The maximum absolute atomic E-state index is 10.6. The molecule has 0 spiro atoms. The van der Waals surface area contributed by atoms with Crippen LogP contribution in [-0.2, 0) is 11.8 Å². The molecule has 1 aromatic heterocycles. The summed E-state index contributed by atoms with van der Waals surface area (Å²) in [7, 11) is 1.87. The number of carbonyl (C=O) groups is 1. The van der Waals surface area contributed by atoms with Gasteiger partial charge in [-0.1, -0.05) is 12.1 Å². The smallest absolute Gasteiger partial charge is 0.328 e. The van der Waals surface area contributed by atoms with E-state index in [1.807, 2.05) is 46.0 Å². The van der Waals surface area contributed by atoms with Crippen molar-refractivity contribution in [2.75, 3.05) is 0 Å². The Hall–Kier alpha value is -2.56. The van der Waals surface area contributed by atoms with Crippen molar-refractivity contribution in [2.24, 2.45) is 7.05 Å². The third-order valence-electron chi connectivity index (χ3n) is 3.29. The molecule has 0 atom stereocenters. The highest BCUT2D eigenvalue weighted by Gasteiger charge is 2.13. The Balaban J connectivity index is 2.35. The first-order valence-electron chi connectivity index (χ1n) is 6.58. The number of hydrogen-bond acceptors (Lipinski definition) is 3. The van der Waals surface area contributed by atoms with Gasteiger partial charge in [-0.15, -0.1) is 0 Å². The molecule has 5 nitrogen and oxygen atoms in total. The summed E-state index contributed by atoms with van der Waals surface area (Å²) in [6.07, 6.45) is 2.65. The summed E-state index contributed by atoms with van der Waals surface area (Å²) in [5.41, 5.74) is 3.52. The predicted molar refractivity (Wildman–Crippen MR) is 80.6 cm³/mol. The van der Waals surface area contributed by atoms with Crippen LogP contribution in [0.1, 0.15) is 22.5 Å². The van der Waals surface area contributed by atoms with Gasteiger partial charge in [0.25, 0.3) is 0 Å². The lowest BCUT2D eigenvalue weighted by molar-refractivity contribution is -0.131. The van der Waals surface area contributed by atoms with E-state index < -0.39 is 5.97 Å². The van der Waals surface area contributed by atoms with E-state index in [4.69, 9.17) is 9.84 Å². The summed E-state index contributed by atoms with van der Waals surface area (Å²) in [6, 6.07) is 5.57. The van der Waals surface area contributed by atoms with Crippen LogP contribution in [0.25, 0.3) is 6.08 Å². The molecule has 0 aliphatic carbocycles. The Morgan fingerprint density at radius 2 is 2.05 bits per heavy atom. The number of aliphatic carboxylic acids is 1. The molecule has 0 aliphatic rings. The van der Waals surface area contributed by atoms with Gasteiger partial charge in [0.1, 0.15) is 11.4 Å². The van der Waals surface area contributed by atoms with Crippen LogP contribution in [0.3, 0.4) is 0 Å². The normalized spacial score (nSPS) is 11.0. The molecule has 1 N–H and O–H groups in total. The number of hydrogen-bond donors (Lipinski definition) is 1. The fraction of sp³-hybridized carbons (Fsp3) is 0.250. The maximum atomic E-state index is 10.6. The average Bonchev–Trinajstić information content (AvgIpc) is 2.66. The van der Waals surface area contributed by atoms with E-state index in [2.05, 4.69) is 5.10 Å². The second-order valence-corrected chi connectivity index (χ2v) is 4.92. The molecule has 0 unspecified atom stereocenters. The van der Waals surface area contributed by atoms with Gasteiger partial charge in [0.15, 0.2) is 5.75 Å². The minimum atomic E-state index is -0.975. The summed E-state index contributed by atoms with van der Waals surface area (Å²) in [5, 5.41) is 13.0. The summed E-state index contributed by atoms with van der Waals surface area (Å²) < 4.78 is 7.75. The molecule has 1 aromatic carbocycles. The summed E-state index contributed by atoms with van der Waals surface area (Å²) in [6.45, 7) is 5.78. The highest BCUT2D eigenvalue weighted by Crippen LogP contribution is 2.31. The quantitative estimate of drug-likeness (QED) is 0.876. The Labute approximate surface area is 123 Å². The highest BCUT2D eigenvalue weighted by molar-refractivity contribution is 5.85. The Kier molecular flexibility index (Phi) is 4.12. The number of rotatable bonds is 4. The Morgan fingerprint density at radius 1 is 1.33 bits per heavy atom. The minimum absolute atomic E-state index is 0.696. The molecule has 0 bridgehead atoms. The number of carboxylic acids is 1. The predicted octanol–water partition coefficient (Wildman–Crippen LogP) is 3.24. The van der Waals surface area contributed by atoms with E-state index >= 15 is 0 Å². The SMILES string of the molecule is Cc1ccc(/C=C/C(=O)O)cc1Oc1c(C)nn(C)c1C. The Morgan fingerprint density at radius 3 is 2.62 bits per heavy atom. The molecule has 0 aliphatic heterocycles. The van der Waals surface area contributed by atoms with Gasteiger partial charge in [-0.25, -0.2) is 4.79 Å². The van der Waals surface area contributed by atoms with Crippen LogP contribution in [0, 0.1) is 20.8 Å². The lowest BCUT2D eigenvalue weighted by atomic mass is 10.1. The van der Waals surface area contributed by atoms with Crippen molar-refractivity contribution in [3.8, 4) is 11.5 Å². The molecule has 1 heterocycles. The second-order valence-electron chi connectivity index (χ2n) is 4.92. The van der Waals surface area contributed by atoms with E-state index in [0.717, 1.165) is 34.3 Å². The third kappa shape index (κ3) is 3.31. The fourth-order valence-corrected chi connectivity index (χ4v) is 2.01. The summed E-state index contributed by atoms with van der Waals surface area (Å²) >= 11 is 0. The number of benzene rings is 1. The van der Waals surface area contributed by atoms with Crippen LogP contribution in [0.15, 0.2) is 24.3 Å². The van der Waals surface area contributed by atoms with Gasteiger partial charge in [0.2, 0.25) is 0 Å². The van der Waals surface area contributed by atoms with E-state index in [1.54, 1.807) is 4.68 Å². The fourth-order valence-electron chi connectivity index (χ4n) is 2.01. The largest absolute Gasteiger partial charge is 0.478 e. The van der Waals surface area contributed by atoms with Gasteiger partial charge in [-0.3, -0.25) is 4.68 Å². The molecule has 0 amide bonds. The van der Waals surface area contributed by atoms with Crippen LogP contribution >= 0.6 is 0 Å². The summed E-state index contributed by atoms with van der Waals surface area (Å²) in [5.74, 6) is 0.457. The zero-order valence-corrected chi connectivity index (χ0v) is 12.5. The van der Waals surface area contributed by atoms with Crippen molar-refractivity contribution >= 4 is 12.0 Å². The zero-order chi connectivity index (χ0) is 15.6. The molecular formula is C16H18N2O3. The lowest BCUT2D eigenvalue weighted by Gasteiger charge is -2.10. The lowest BCUT2D eigenvalue weighted by Crippen LogP contribution is -1.94. The van der Waals surface area contributed by atoms with Crippen molar-refractivity contribution < 1.29 is 14.6 Å². The van der Waals surface area contributed by atoms with E-state index in [-0.39, 0.29) is 0 Å². The maximum Gasteiger partial charge on any atom is 0.328 e. The number of aromatic nitrogens is 2. The van der Waals surface area contributed by atoms with Crippen molar-refractivity contribution in [1.29, 1.82) is 0 Å². The van der Waals surface area contributed by atoms with Crippen molar-refractivity contribution in [2.45, 2.75) is 20.8 Å². The molecule has 110 valence electrons. The van der Waals surface area contributed by atoms with Crippen LogP contribution < -0.4 is 4.74 Å². The first-order valence-corrected chi connectivity index (χ1v) is 6.58. The minimum Gasteiger partial charge on any atom is -0.478 e. The number of aryl methyl sites for hydroxylation is 3. The first kappa shape index (κ1) is 14.8. The van der Waals surface area contributed by atoms with Crippen LogP contribution in [0.4, 0.5) is 0 Å². The number of nitrogens with zero attached hydrogens (tertiary/aromatic N) is 2. The van der Waals surface area contributed by atoms with E-state index in [1.165, 1.54) is 6.08 Å². The van der Waals surface area contributed by atoms with Crippen molar-refractivity contribution in [1.82, 2.24) is 9.78 Å². The Bertz CT molecular complexity index is 715. The molecule has 0 saturated carbocycles. The average molecular weight is 286 g/mol. The van der Waals surface area contributed by atoms with Gasteiger partial charge >= 0.3 is 5.97 Å². The standard InChI is InChI=1S/C16H18N2O3/c1-10-5-6-13(7-8-15(19)20)9-14(10)21-16-11(2)17-18(4)12(16)3/h5-9H,1-4H3,(H,19,20)/b8-7+. The van der Waals surface area contributed by atoms with Crippen LogP contribution in [0.2, 0.25) is 0 Å². The van der Waals surface area contributed by atoms with Gasteiger partial charge in [0, 0.05) is 13.1 Å². The van der Waals surface area contributed by atoms with Crippen LogP contribution in [0.5, 0.6) is 11.5 Å². The number of carboxylic acid groups (broad SMARTS) is 1.